The van der Waals surface area contributed by atoms with Gasteiger partial charge in [-0.1, -0.05) is 42.5 Å². The number of carbonyl (C=O) groups excluding carboxylic acids is 1. The molecular weight excluding hydrogens is 488 g/mol. The van der Waals surface area contributed by atoms with Crippen molar-refractivity contribution >= 4 is 51.5 Å². The van der Waals surface area contributed by atoms with Crippen molar-refractivity contribution in [2.24, 2.45) is 5.73 Å². The molecule has 35 heavy (non-hydrogen) atoms. The van der Waals surface area contributed by atoms with Crippen molar-refractivity contribution in [3.05, 3.63) is 89.5 Å². The molecule has 0 unspecified atom stereocenters. The zero-order valence-corrected chi connectivity index (χ0v) is 20.6. The largest absolute Gasteiger partial charge is 0.384 e. The van der Waals surface area contributed by atoms with Crippen LogP contribution in [0.5, 0.6) is 0 Å². The number of nitrogens with one attached hydrogen (secondary N) is 1. The molecule has 0 bridgehead atoms. The van der Waals surface area contributed by atoms with E-state index in [0.717, 1.165) is 27.5 Å². The van der Waals surface area contributed by atoms with Gasteiger partial charge in [-0.2, -0.15) is 8.42 Å². The van der Waals surface area contributed by atoms with Crippen LogP contribution in [0, 0.1) is 5.41 Å². The number of nitrogens with zero attached hydrogens (tertiary/aromatic N) is 2. The molecule has 0 aliphatic carbocycles. The summed E-state index contributed by atoms with van der Waals surface area (Å²) >= 11 is 0. The fourth-order valence-electron chi connectivity index (χ4n) is 4.18. The Morgan fingerprint density at radius 2 is 1.71 bits per heavy atom. The summed E-state index contributed by atoms with van der Waals surface area (Å²) in [4.78, 5) is 14.8. The minimum Gasteiger partial charge on any atom is -0.384 e. The molecule has 184 valence electrons. The van der Waals surface area contributed by atoms with Gasteiger partial charge in [-0.05, 0) is 60.7 Å². The second-order valence-corrected chi connectivity index (χ2v) is 9.41. The third-order valence-corrected chi connectivity index (χ3v) is 6.71. The molecule has 4 N–H and O–H groups in total. The van der Waals surface area contributed by atoms with Gasteiger partial charge in [0.05, 0.1) is 11.4 Å². The van der Waals surface area contributed by atoms with E-state index < -0.39 is 10.3 Å². The number of aryl methyl sites for hydroxylation is 2. The first-order valence-corrected chi connectivity index (χ1v) is 12.3. The summed E-state index contributed by atoms with van der Waals surface area (Å²) in [5.74, 6) is -0.00853. The predicted molar refractivity (Wildman–Crippen MR) is 140 cm³/mol. The Bertz CT molecular complexity index is 1320. The van der Waals surface area contributed by atoms with Crippen LogP contribution in [0.2, 0.25) is 0 Å². The average Bonchev–Trinajstić information content (AvgIpc) is 2.82. The van der Waals surface area contributed by atoms with Crippen LogP contribution in [-0.4, -0.2) is 31.3 Å². The predicted octanol–water partition coefficient (Wildman–Crippen LogP) is 4.25. The van der Waals surface area contributed by atoms with E-state index in [2.05, 4.69) is 0 Å². The van der Waals surface area contributed by atoms with Gasteiger partial charge in [-0.25, -0.2) is 4.31 Å². The summed E-state index contributed by atoms with van der Waals surface area (Å²) < 4.78 is 35.1. The molecule has 1 aliphatic heterocycles. The number of amidine groups is 1. The van der Waals surface area contributed by atoms with Gasteiger partial charge in [-0.15, -0.1) is 12.4 Å². The Morgan fingerprint density at radius 3 is 2.34 bits per heavy atom. The summed E-state index contributed by atoms with van der Waals surface area (Å²) in [6, 6.07) is 20.7. The highest BCUT2D eigenvalue weighted by Gasteiger charge is 2.26. The molecule has 1 heterocycles. The van der Waals surface area contributed by atoms with E-state index in [1.54, 1.807) is 65.6 Å². The van der Waals surface area contributed by atoms with E-state index in [4.69, 9.17) is 11.1 Å². The molecule has 0 spiro atoms. The first-order chi connectivity index (χ1) is 16.2. The van der Waals surface area contributed by atoms with Gasteiger partial charge in [0.25, 0.3) is 0 Å². The van der Waals surface area contributed by atoms with Crippen LogP contribution < -0.4 is 14.9 Å². The van der Waals surface area contributed by atoms with Crippen LogP contribution in [0.25, 0.3) is 0 Å². The van der Waals surface area contributed by atoms with Gasteiger partial charge in [0.15, 0.2) is 0 Å². The van der Waals surface area contributed by atoms with Crippen LogP contribution in [0.15, 0.2) is 72.8 Å². The van der Waals surface area contributed by atoms with Gasteiger partial charge in [0, 0.05) is 24.2 Å². The minimum atomic E-state index is -4.54. The monoisotopic (exact) mass is 514 g/mol. The van der Waals surface area contributed by atoms with Crippen LogP contribution in [0.3, 0.4) is 0 Å². The topological polar surface area (TPSA) is 128 Å². The summed E-state index contributed by atoms with van der Waals surface area (Å²) in [5, 5.41) is 7.47. The average molecular weight is 515 g/mol. The number of halogens is 1. The number of rotatable bonds is 7. The lowest BCUT2D eigenvalue weighted by atomic mass is 9.99. The highest BCUT2D eigenvalue weighted by atomic mass is 35.5. The van der Waals surface area contributed by atoms with Crippen molar-refractivity contribution in [1.82, 2.24) is 0 Å². The number of amides is 1. The number of benzene rings is 3. The standard InChI is InChI=1S/C25H26N4O4S.ClH/c26-25(27)19-11-8-18(9-12-19)10-15-24(30)28-16-4-5-20-17-22(13-14-23(20)28)29(34(31,32)33)21-6-2-1-3-7-21;/h1-3,6-9,11-14,17H,4-5,10,15-16H2,(H3,26,27)(H,31,32,33);1H. The third-order valence-electron chi connectivity index (χ3n) is 5.83. The van der Waals surface area contributed by atoms with Crippen molar-refractivity contribution in [1.29, 1.82) is 5.41 Å². The van der Waals surface area contributed by atoms with Gasteiger partial charge >= 0.3 is 10.3 Å². The van der Waals surface area contributed by atoms with Crippen molar-refractivity contribution in [2.75, 3.05) is 15.7 Å². The Labute approximate surface area is 211 Å². The molecule has 3 aromatic rings. The lowest BCUT2D eigenvalue weighted by Crippen LogP contribution is -2.35. The van der Waals surface area contributed by atoms with E-state index in [-0.39, 0.29) is 24.1 Å². The number of nitrogen functional groups attached to an aromatic ring is 1. The second kappa shape index (κ2) is 10.9. The van der Waals surface area contributed by atoms with Crippen molar-refractivity contribution in [3.8, 4) is 0 Å². The SMILES string of the molecule is Cl.N=C(N)c1ccc(CCC(=O)N2CCCc3cc(N(c4ccccc4)S(=O)(=O)O)ccc32)cc1. The van der Waals surface area contributed by atoms with Gasteiger partial charge in [0.1, 0.15) is 5.84 Å². The number of anilines is 3. The van der Waals surface area contributed by atoms with E-state index in [1.165, 1.54) is 0 Å². The molecule has 4 rings (SSSR count). The van der Waals surface area contributed by atoms with Gasteiger partial charge in [0.2, 0.25) is 5.91 Å². The maximum Gasteiger partial charge on any atom is 0.364 e. The number of carbonyl (C=O) groups is 1. The molecule has 0 radical (unpaired) electrons. The van der Waals surface area contributed by atoms with Crippen LogP contribution >= 0.6 is 12.4 Å². The third kappa shape index (κ3) is 6.00. The molecule has 0 saturated carbocycles. The lowest BCUT2D eigenvalue weighted by molar-refractivity contribution is -0.118. The summed E-state index contributed by atoms with van der Waals surface area (Å²) in [7, 11) is -4.54. The van der Waals surface area contributed by atoms with Crippen molar-refractivity contribution in [2.45, 2.75) is 25.7 Å². The number of hydrogen-bond donors (Lipinski definition) is 3. The van der Waals surface area contributed by atoms with Gasteiger partial charge < -0.3 is 10.6 Å². The number of para-hydroxylation sites is 1. The second-order valence-electron chi connectivity index (χ2n) is 8.15. The molecule has 0 atom stereocenters. The zero-order chi connectivity index (χ0) is 24.3. The van der Waals surface area contributed by atoms with Gasteiger partial charge in [-0.3, -0.25) is 14.8 Å². The lowest BCUT2D eigenvalue weighted by Gasteiger charge is -2.31. The molecule has 1 amide bonds. The molecule has 8 nitrogen and oxygen atoms in total. The number of nitrogens with two attached hydrogens (primary N) is 1. The molecule has 10 heteroatoms. The molecular formula is C25H27ClN4O4S. The normalized spacial score (nSPS) is 12.9. The van der Waals surface area contributed by atoms with Crippen LogP contribution in [0.1, 0.15) is 29.5 Å². The van der Waals surface area contributed by atoms with Crippen molar-refractivity contribution in [3.63, 3.8) is 0 Å². The first kappa shape index (κ1) is 26.2. The molecule has 0 aromatic heterocycles. The minimum absolute atomic E-state index is 0. The number of fused-ring (bicyclic) bond motifs is 1. The smallest absolute Gasteiger partial charge is 0.364 e. The van der Waals surface area contributed by atoms with Crippen LogP contribution in [0.4, 0.5) is 17.1 Å². The summed E-state index contributed by atoms with van der Waals surface area (Å²) in [5.41, 5.74) is 9.36. The maximum absolute atomic E-state index is 13.0. The molecule has 3 aromatic carbocycles. The molecule has 0 saturated heterocycles. The van der Waals surface area contributed by atoms with E-state index >= 15 is 0 Å². The van der Waals surface area contributed by atoms with E-state index in [9.17, 15) is 17.8 Å². The summed E-state index contributed by atoms with van der Waals surface area (Å²) in [6.45, 7) is 0.592. The fraction of sp³-hybridized carbons (Fsp3) is 0.200. The van der Waals surface area contributed by atoms with Crippen molar-refractivity contribution < 1.29 is 17.8 Å². The van der Waals surface area contributed by atoms with E-state index in [1.807, 2.05) is 12.1 Å². The Balaban J connectivity index is 0.00000342. The maximum atomic E-state index is 13.0. The molecule has 0 fully saturated rings. The molecule has 1 aliphatic rings. The van der Waals surface area contributed by atoms with Crippen LogP contribution in [-0.2, 0) is 27.9 Å². The zero-order valence-electron chi connectivity index (χ0n) is 18.9. The highest BCUT2D eigenvalue weighted by Crippen LogP contribution is 2.35. The Morgan fingerprint density at radius 1 is 1.03 bits per heavy atom. The fourth-order valence-corrected chi connectivity index (χ4v) is 4.95. The highest BCUT2D eigenvalue weighted by molar-refractivity contribution is 7.87. The Hall–Kier alpha value is -3.40. The number of hydrogen-bond acceptors (Lipinski definition) is 4. The first-order valence-electron chi connectivity index (χ1n) is 10.9. The summed E-state index contributed by atoms with van der Waals surface area (Å²) in [6.07, 6.45) is 2.34. The van der Waals surface area contributed by atoms with E-state index in [0.29, 0.717) is 42.7 Å². The quantitative estimate of drug-likeness (QED) is 0.247. The Kier molecular flexibility index (Phi) is 8.16.